The number of nitrogens with zero attached hydrogens (tertiary/aromatic N) is 4. The Bertz CT molecular complexity index is 924. The first kappa shape index (κ1) is 24.3. The molecule has 1 atom stereocenters. The highest BCUT2D eigenvalue weighted by molar-refractivity contribution is 5.91. The van der Waals surface area contributed by atoms with Crippen LogP contribution in [0.3, 0.4) is 0 Å². The van der Waals surface area contributed by atoms with E-state index in [0.29, 0.717) is 38.2 Å². The van der Waals surface area contributed by atoms with E-state index in [1.165, 1.54) is 0 Å². The van der Waals surface area contributed by atoms with Gasteiger partial charge in [0.2, 0.25) is 5.91 Å². The van der Waals surface area contributed by atoms with Crippen LogP contribution in [0.15, 0.2) is 36.5 Å². The van der Waals surface area contributed by atoms with Crippen LogP contribution in [-0.2, 0) is 4.79 Å². The molecule has 1 aliphatic carbocycles. The quantitative estimate of drug-likeness (QED) is 0.637. The number of benzene rings is 1. The fourth-order valence-corrected chi connectivity index (χ4v) is 4.85. The lowest BCUT2D eigenvalue weighted by atomic mass is 9.92. The summed E-state index contributed by atoms with van der Waals surface area (Å²) in [6.07, 6.45) is 8.60. The lowest BCUT2D eigenvalue weighted by Crippen LogP contribution is -2.35. The van der Waals surface area contributed by atoms with Gasteiger partial charge in [-0.05, 0) is 57.1 Å². The number of hydrogen-bond acceptors (Lipinski definition) is 6. The predicted octanol–water partition coefficient (Wildman–Crippen LogP) is 2.18. The van der Waals surface area contributed by atoms with Crippen LogP contribution >= 0.6 is 0 Å². The standard InChI is InChI=1S/C25H37N7O2/c26-20-9-11-21(12-10-20)32-18-23(29-30-32)25(34)31-15-5-4-13-27-22(19-7-2-1-3-8-19)17-24(33)28-14-6-16-31/h1-3,7-8,18,20-22,27H,4-6,9-17,26H2,(H,28,33). The van der Waals surface area contributed by atoms with Gasteiger partial charge in [0.05, 0.1) is 12.2 Å². The topological polar surface area (TPSA) is 118 Å². The van der Waals surface area contributed by atoms with Crippen molar-refractivity contribution in [3.8, 4) is 0 Å². The van der Waals surface area contributed by atoms with Crippen molar-refractivity contribution < 1.29 is 9.59 Å². The van der Waals surface area contributed by atoms with Gasteiger partial charge in [-0.3, -0.25) is 9.59 Å². The summed E-state index contributed by atoms with van der Waals surface area (Å²) in [6, 6.07) is 10.6. The normalized spacial score (nSPS) is 25.5. The van der Waals surface area contributed by atoms with Gasteiger partial charge in [-0.2, -0.15) is 0 Å². The van der Waals surface area contributed by atoms with E-state index < -0.39 is 0 Å². The minimum absolute atomic E-state index is 0.0101. The van der Waals surface area contributed by atoms with E-state index in [9.17, 15) is 9.59 Å². The third-order valence-electron chi connectivity index (χ3n) is 6.90. The molecule has 2 heterocycles. The molecule has 0 radical (unpaired) electrons. The van der Waals surface area contributed by atoms with Crippen LogP contribution < -0.4 is 16.4 Å². The summed E-state index contributed by atoms with van der Waals surface area (Å²) in [5.74, 6) is -0.0660. The molecule has 1 unspecified atom stereocenters. The van der Waals surface area contributed by atoms with Gasteiger partial charge >= 0.3 is 0 Å². The van der Waals surface area contributed by atoms with Crippen molar-refractivity contribution in [3.05, 3.63) is 47.8 Å². The third kappa shape index (κ3) is 6.64. The molecule has 2 aliphatic rings. The first-order chi connectivity index (χ1) is 16.6. The van der Waals surface area contributed by atoms with E-state index in [4.69, 9.17) is 5.73 Å². The van der Waals surface area contributed by atoms with Gasteiger partial charge in [0.1, 0.15) is 0 Å². The van der Waals surface area contributed by atoms with E-state index in [-0.39, 0.29) is 29.9 Å². The molecule has 2 amide bonds. The molecule has 0 bridgehead atoms. The van der Waals surface area contributed by atoms with Gasteiger partial charge in [-0.1, -0.05) is 35.5 Å². The Morgan fingerprint density at radius 3 is 2.56 bits per heavy atom. The Morgan fingerprint density at radius 1 is 1.00 bits per heavy atom. The second-order valence-electron chi connectivity index (χ2n) is 9.48. The van der Waals surface area contributed by atoms with E-state index in [1.54, 1.807) is 6.20 Å². The van der Waals surface area contributed by atoms with Crippen molar-refractivity contribution >= 4 is 11.8 Å². The number of rotatable bonds is 3. The van der Waals surface area contributed by atoms with Crippen molar-refractivity contribution in [3.63, 3.8) is 0 Å². The molecule has 1 saturated carbocycles. The van der Waals surface area contributed by atoms with Crippen molar-refractivity contribution in [2.75, 3.05) is 26.2 Å². The lowest BCUT2D eigenvalue weighted by Gasteiger charge is -2.25. The molecule has 4 N–H and O–H groups in total. The fraction of sp³-hybridized carbons (Fsp3) is 0.600. The zero-order chi connectivity index (χ0) is 23.8. The number of amides is 2. The summed E-state index contributed by atoms with van der Waals surface area (Å²) in [7, 11) is 0. The number of nitrogens with two attached hydrogens (primary N) is 1. The summed E-state index contributed by atoms with van der Waals surface area (Å²) in [5, 5.41) is 15.0. The second-order valence-corrected chi connectivity index (χ2v) is 9.48. The fourth-order valence-electron chi connectivity index (χ4n) is 4.85. The first-order valence-corrected chi connectivity index (χ1v) is 12.6. The Balaban J connectivity index is 1.36. The molecule has 1 aliphatic heterocycles. The SMILES string of the molecule is NC1CCC(n2cc(C(=O)N3CCCCNC(c4ccccc4)CC(=O)NCCC3)nn2)CC1. The van der Waals surface area contributed by atoms with Crippen molar-refractivity contribution in [2.24, 2.45) is 5.73 Å². The van der Waals surface area contributed by atoms with Gasteiger partial charge < -0.3 is 21.3 Å². The zero-order valence-corrected chi connectivity index (χ0v) is 19.9. The molecular formula is C25H37N7O2. The Kier molecular flexibility index (Phi) is 8.65. The molecule has 2 fully saturated rings. The average molecular weight is 468 g/mol. The van der Waals surface area contributed by atoms with E-state index in [1.807, 2.05) is 27.8 Å². The minimum Gasteiger partial charge on any atom is -0.356 e. The number of carbonyl (C=O) groups excluding carboxylic acids is 2. The number of carbonyl (C=O) groups is 2. The van der Waals surface area contributed by atoms with E-state index in [0.717, 1.165) is 50.6 Å². The predicted molar refractivity (Wildman–Crippen MR) is 130 cm³/mol. The molecule has 1 saturated heterocycles. The highest BCUT2D eigenvalue weighted by atomic mass is 16.2. The van der Waals surface area contributed by atoms with Crippen molar-refractivity contribution in [1.82, 2.24) is 30.5 Å². The largest absolute Gasteiger partial charge is 0.356 e. The smallest absolute Gasteiger partial charge is 0.276 e. The van der Waals surface area contributed by atoms with E-state index >= 15 is 0 Å². The molecule has 2 aromatic rings. The average Bonchev–Trinajstić information content (AvgIpc) is 3.35. The zero-order valence-electron chi connectivity index (χ0n) is 19.9. The van der Waals surface area contributed by atoms with Gasteiger partial charge in [-0.15, -0.1) is 5.10 Å². The molecule has 1 aromatic carbocycles. The molecule has 9 nitrogen and oxygen atoms in total. The van der Waals surface area contributed by atoms with E-state index in [2.05, 4.69) is 33.1 Å². The van der Waals surface area contributed by atoms with Crippen LogP contribution in [0.25, 0.3) is 0 Å². The van der Waals surface area contributed by atoms with Crippen molar-refractivity contribution in [1.29, 1.82) is 0 Å². The van der Waals surface area contributed by atoms with Crippen LogP contribution in [0.1, 0.15) is 79.5 Å². The van der Waals surface area contributed by atoms with Gasteiger partial charge in [0, 0.05) is 38.1 Å². The van der Waals surface area contributed by atoms with Crippen LogP contribution in [0, 0.1) is 0 Å². The maximum atomic E-state index is 13.2. The monoisotopic (exact) mass is 467 g/mol. The summed E-state index contributed by atoms with van der Waals surface area (Å²) in [4.78, 5) is 27.6. The summed E-state index contributed by atoms with van der Waals surface area (Å²) >= 11 is 0. The maximum Gasteiger partial charge on any atom is 0.276 e. The Labute approximate surface area is 201 Å². The summed E-state index contributed by atoms with van der Waals surface area (Å²) in [6.45, 7) is 2.57. The second kappa shape index (κ2) is 12.1. The highest BCUT2D eigenvalue weighted by Gasteiger charge is 2.24. The molecule has 0 spiro atoms. The molecule has 4 rings (SSSR count). The van der Waals surface area contributed by atoms with Crippen LogP contribution in [0.5, 0.6) is 0 Å². The molecule has 184 valence electrons. The minimum atomic E-state index is -0.0879. The number of hydrogen-bond donors (Lipinski definition) is 3. The molecule has 9 heteroatoms. The Hall–Kier alpha value is -2.78. The highest BCUT2D eigenvalue weighted by Crippen LogP contribution is 2.27. The van der Waals surface area contributed by atoms with Crippen LogP contribution in [-0.4, -0.2) is 63.9 Å². The first-order valence-electron chi connectivity index (χ1n) is 12.6. The third-order valence-corrected chi connectivity index (χ3v) is 6.90. The summed E-state index contributed by atoms with van der Waals surface area (Å²) < 4.78 is 1.84. The maximum absolute atomic E-state index is 13.2. The van der Waals surface area contributed by atoms with Crippen molar-refractivity contribution in [2.45, 2.75) is 69.5 Å². The summed E-state index contributed by atoms with van der Waals surface area (Å²) in [5.41, 5.74) is 7.53. The molecule has 1 aromatic heterocycles. The van der Waals surface area contributed by atoms with Crippen LogP contribution in [0.2, 0.25) is 0 Å². The van der Waals surface area contributed by atoms with Crippen LogP contribution in [0.4, 0.5) is 0 Å². The molecule has 34 heavy (non-hydrogen) atoms. The number of nitrogens with one attached hydrogen (secondary N) is 2. The number of aromatic nitrogens is 3. The molecular weight excluding hydrogens is 430 g/mol. The lowest BCUT2D eigenvalue weighted by molar-refractivity contribution is -0.121. The Morgan fingerprint density at radius 2 is 1.76 bits per heavy atom. The van der Waals surface area contributed by atoms with Gasteiger partial charge in [0.25, 0.3) is 5.91 Å². The van der Waals surface area contributed by atoms with Gasteiger partial charge in [0.15, 0.2) is 5.69 Å². The van der Waals surface area contributed by atoms with Gasteiger partial charge in [-0.25, -0.2) is 4.68 Å².